The second-order valence-corrected chi connectivity index (χ2v) is 9.66. The smallest absolute Gasteiger partial charge is 0.243 e. The van der Waals surface area contributed by atoms with Crippen LogP contribution in [0.15, 0.2) is 71.6 Å². The minimum Gasteiger partial charge on any atom is -0.356 e. The van der Waals surface area contributed by atoms with E-state index in [0.717, 1.165) is 23.6 Å². The molecule has 6 heteroatoms. The van der Waals surface area contributed by atoms with Crippen molar-refractivity contribution in [1.29, 1.82) is 0 Å². The summed E-state index contributed by atoms with van der Waals surface area (Å²) in [5, 5.41) is 2.00. The molecule has 2 aliphatic heterocycles. The molecule has 3 aromatic rings. The van der Waals surface area contributed by atoms with Gasteiger partial charge in [-0.05, 0) is 41.8 Å². The average Bonchev–Trinajstić information content (AvgIpc) is 2.78. The maximum absolute atomic E-state index is 13.2. The number of anilines is 1. The van der Waals surface area contributed by atoms with Crippen molar-refractivity contribution in [2.45, 2.75) is 30.4 Å². The summed E-state index contributed by atoms with van der Waals surface area (Å²) in [7, 11) is -3.48. The van der Waals surface area contributed by atoms with E-state index in [0.29, 0.717) is 37.4 Å². The highest BCUT2D eigenvalue weighted by Gasteiger charge is 2.33. The number of piperidine rings is 1. The molecule has 0 amide bonds. The maximum Gasteiger partial charge on any atom is 0.243 e. The van der Waals surface area contributed by atoms with Crippen LogP contribution in [-0.2, 0) is 21.4 Å². The van der Waals surface area contributed by atoms with Crippen LogP contribution in [0.2, 0.25) is 0 Å². The molecule has 5 nitrogen and oxygen atoms in total. The van der Waals surface area contributed by atoms with E-state index in [-0.39, 0.29) is 0 Å². The van der Waals surface area contributed by atoms with Crippen molar-refractivity contribution in [2.24, 2.45) is 0 Å². The third-order valence-electron chi connectivity index (χ3n) is 6.01. The van der Waals surface area contributed by atoms with Crippen LogP contribution >= 0.6 is 0 Å². The van der Waals surface area contributed by atoms with Gasteiger partial charge in [-0.1, -0.05) is 48.5 Å². The third kappa shape index (κ3) is 3.41. The van der Waals surface area contributed by atoms with Crippen molar-refractivity contribution < 1.29 is 13.2 Å². The van der Waals surface area contributed by atoms with Gasteiger partial charge in [0.2, 0.25) is 10.0 Å². The largest absolute Gasteiger partial charge is 0.356 e. The molecule has 0 saturated carbocycles. The minimum atomic E-state index is -3.48. The number of rotatable bonds is 3. The Morgan fingerprint density at radius 3 is 2.41 bits per heavy atom. The fourth-order valence-corrected chi connectivity index (χ4v) is 5.92. The molecule has 0 unspecified atom stereocenters. The fraction of sp³-hybridized carbons (Fsp3) is 0.304. The molecule has 29 heavy (non-hydrogen) atoms. The first-order valence-electron chi connectivity index (χ1n) is 10.0. The Kier molecular flexibility index (Phi) is 4.78. The summed E-state index contributed by atoms with van der Waals surface area (Å²) in [6.45, 7) is 2.26. The van der Waals surface area contributed by atoms with Crippen molar-refractivity contribution in [3.63, 3.8) is 0 Å². The van der Waals surface area contributed by atoms with E-state index in [2.05, 4.69) is 23.1 Å². The summed E-state index contributed by atoms with van der Waals surface area (Å²) in [5.74, 6) is 0. The van der Waals surface area contributed by atoms with Gasteiger partial charge in [-0.15, -0.1) is 0 Å². The van der Waals surface area contributed by atoms with E-state index in [1.165, 1.54) is 11.3 Å². The Labute approximate surface area is 171 Å². The predicted molar refractivity (Wildman–Crippen MR) is 114 cm³/mol. The molecular weight excluding hydrogens is 384 g/mol. The Bertz CT molecular complexity index is 1140. The zero-order chi connectivity index (χ0) is 19.8. The molecule has 3 aromatic carbocycles. The molecule has 0 spiro atoms. The molecule has 1 saturated heterocycles. The van der Waals surface area contributed by atoms with Crippen LogP contribution in [0, 0.1) is 0 Å². The SMILES string of the molecule is O=S(=O)(c1ccc2ccccc2c1)N1CCC(N2COCc3ccccc32)CC1. The number of benzene rings is 3. The first-order chi connectivity index (χ1) is 14.1. The van der Waals surface area contributed by atoms with Gasteiger partial charge >= 0.3 is 0 Å². The second kappa shape index (κ2) is 7.44. The zero-order valence-electron chi connectivity index (χ0n) is 16.2. The molecule has 0 aliphatic carbocycles. The lowest BCUT2D eigenvalue weighted by molar-refractivity contribution is 0.0988. The number of sulfonamides is 1. The zero-order valence-corrected chi connectivity index (χ0v) is 17.0. The van der Waals surface area contributed by atoms with Gasteiger partial charge in [-0.2, -0.15) is 4.31 Å². The van der Waals surface area contributed by atoms with Gasteiger partial charge in [0, 0.05) is 30.4 Å². The van der Waals surface area contributed by atoms with Crippen molar-refractivity contribution in [3.8, 4) is 0 Å². The molecule has 0 atom stereocenters. The number of hydrogen-bond acceptors (Lipinski definition) is 4. The number of nitrogens with zero attached hydrogens (tertiary/aromatic N) is 2. The van der Waals surface area contributed by atoms with Crippen LogP contribution in [0.5, 0.6) is 0 Å². The molecule has 2 heterocycles. The first kappa shape index (κ1) is 18.6. The summed E-state index contributed by atoms with van der Waals surface area (Å²) >= 11 is 0. The third-order valence-corrected chi connectivity index (χ3v) is 7.91. The Balaban J connectivity index is 1.33. The van der Waals surface area contributed by atoms with Crippen molar-refractivity contribution in [1.82, 2.24) is 4.31 Å². The molecule has 0 radical (unpaired) electrons. The Hall–Kier alpha value is -2.41. The minimum absolute atomic E-state index is 0.291. The lowest BCUT2D eigenvalue weighted by Crippen LogP contribution is -2.48. The highest BCUT2D eigenvalue weighted by molar-refractivity contribution is 7.89. The summed E-state index contributed by atoms with van der Waals surface area (Å²) in [5.41, 5.74) is 2.42. The number of hydrogen-bond donors (Lipinski definition) is 0. The topological polar surface area (TPSA) is 49.9 Å². The van der Waals surface area contributed by atoms with Gasteiger partial charge in [0.1, 0.15) is 6.73 Å². The van der Waals surface area contributed by atoms with Crippen LogP contribution in [0.4, 0.5) is 5.69 Å². The van der Waals surface area contributed by atoms with Crippen LogP contribution in [0.25, 0.3) is 10.8 Å². The number of para-hydroxylation sites is 1. The Morgan fingerprint density at radius 1 is 0.862 bits per heavy atom. The van der Waals surface area contributed by atoms with Crippen LogP contribution in [0.3, 0.4) is 0 Å². The first-order valence-corrected chi connectivity index (χ1v) is 11.5. The van der Waals surface area contributed by atoms with E-state index in [1.54, 1.807) is 16.4 Å². The highest BCUT2D eigenvalue weighted by atomic mass is 32.2. The number of ether oxygens (including phenoxy) is 1. The van der Waals surface area contributed by atoms with Gasteiger partial charge in [-0.25, -0.2) is 8.42 Å². The van der Waals surface area contributed by atoms with Crippen molar-refractivity contribution in [3.05, 3.63) is 72.3 Å². The van der Waals surface area contributed by atoms with Crippen molar-refractivity contribution in [2.75, 3.05) is 24.7 Å². The molecular formula is C23H24N2O3S. The molecule has 2 aliphatic rings. The fourth-order valence-electron chi connectivity index (χ4n) is 4.41. The molecule has 0 bridgehead atoms. The van der Waals surface area contributed by atoms with E-state index >= 15 is 0 Å². The lowest BCUT2D eigenvalue weighted by atomic mass is 10.0. The maximum atomic E-state index is 13.2. The summed E-state index contributed by atoms with van der Waals surface area (Å²) in [6.07, 6.45) is 1.59. The summed E-state index contributed by atoms with van der Waals surface area (Å²) < 4.78 is 33.8. The highest BCUT2D eigenvalue weighted by Crippen LogP contribution is 2.32. The van der Waals surface area contributed by atoms with Gasteiger partial charge in [0.15, 0.2) is 0 Å². The molecule has 5 rings (SSSR count). The van der Waals surface area contributed by atoms with E-state index in [4.69, 9.17) is 4.74 Å². The van der Waals surface area contributed by atoms with Crippen molar-refractivity contribution >= 4 is 26.5 Å². The normalized spacial score (nSPS) is 18.7. The average molecular weight is 409 g/mol. The van der Waals surface area contributed by atoms with Crippen LogP contribution in [0.1, 0.15) is 18.4 Å². The quantitative estimate of drug-likeness (QED) is 0.658. The van der Waals surface area contributed by atoms with Gasteiger partial charge in [0.25, 0.3) is 0 Å². The van der Waals surface area contributed by atoms with Gasteiger partial charge in [-0.3, -0.25) is 0 Å². The summed E-state index contributed by atoms with van der Waals surface area (Å²) in [4.78, 5) is 2.67. The monoisotopic (exact) mass is 408 g/mol. The second-order valence-electron chi connectivity index (χ2n) is 7.72. The van der Waals surface area contributed by atoms with E-state index < -0.39 is 10.0 Å². The van der Waals surface area contributed by atoms with E-state index in [1.807, 2.05) is 36.4 Å². The predicted octanol–water partition coefficient (Wildman–Crippen LogP) is 3.99. The molecule has 0 N–H and O–H groups in total. The standard InChI is InChI=1S/C23H24N2O3S/c26-29(27,22-10-9-18-5-1-2-6-19(18)15-22)24-13-11-21(12-14-24)25-17-28-16-20-7-3-4-8-23(20)25/h1-10,15,21H,11-14,16-17H2. The van der Waals surface area contributed by atoms with E-state index in [9.17, 15) is 8.42 Å². The van der Waals surface area contributed by atoms with Gasteiger partial charge in [0.05, 0.1) is 11.5 Å². The molecule has 150 valence electrons. The van der Waals surface area contributed by atoms with Crippen LogP contribution in [-0.4, -0.2) is 38.6 Å². The van der Waals surface area contributed by atoms with Gasteiger partial charge < -0.3 is 9.64 Å². The van der Waals surface area contributed by atoms with Crippen LogP contribution < -0.4 is 4.90 Å². The summed E-state index contributed by atoms with van der Waals surface area (Å²) in [6, 6.07) is 21.8. The molecule has 0 aromatic heterocycles. The molecule has 1 fully saturated rings. The number of fused-ring (bicyclic) bond motifs is 2. The lowest BCUT2D eigenvalue weighted by Gasteiger charge is -2.41. The Morgan fingerprint density at radius 2 is 1.59 bits per heavy atom.